The highest BCUT2D eigenvalue weighted by atomic mass is 16.2. The number of carbonyl (C=O) groups is 1. The summed E-state index contributed by atoms with van der Waals surface area (Å²) in [7, 11) is 0. The number of amidine groups is 1. The van der Waals surface area contributed by atoms with Gasteiger partial charge in [-0.2, -0.15) is 4.99 Å². The van der Waals surface area contributed by atoms with E-state index in [2.05, 4.69) is 18.8 Å². The molecule has 1 aliphatic heterocycles. The summed E-state index contributed by atoms with van der Waals surface area (Å²) >= 11 is 0. The molecule has 4 nitrogen and oxygen atoms in total. The Labute approximate surface area is 103 Å². The molecule has 2 atom stereocenters. The minimum absolute atomic E-state index is 0.154. The van der Waals surface area contributed by atoms with E-state index in [0.717, 1.165) is 12.8 Å². The summed E-state index contributed by atoms with van der Waals surface area (Å²) in [5.74, 6) is 1.73. The summed E-state index contributed by atoms with van der Waals surface area (Å²) < 4.78 is 0. The SMILES string of the molecule is CC1CC(C)CC2(C1)C(N)=NC(=O)N2C(C)C. The van der Waals surface area contributed by atoms with Gasteiger partial charge in [0, 0.05) is 6.04 Å². The van der Waals surface area contributed by atoms with Crippen LogP contribution in [0.15, 0.2) is 4.99 Å². The Balaban J connectivity index is 2.38. The van der Waals surface area contributed by atoms with E-state index in [1.165, 1.54) is 6.42 Å². The third-order valence-electron chi connectivity index (χ3n) is 4.05. The first-order chi connectivity index (χ1) is 7.86. The lowest BCUT2D eigenvalue weighted by Crippen LogP contribution is -2.59. The number of nitrogens with zero attached hydrogens (tertiary/aromatic N) is 2. The van der Waals surface area contributed by atoms with Gasteiger partial charge in [-0.1, -0.05) is 13.8 Å². The van der Waals surface area contributed by atoms with Crippen LogP contribution >= 0.6 is 0 Å². The number of hydrogen-bond acceptors (Lipinski definition) is 2. The van der Waals surface area contributed by atoms with Gasteiger partial charge in [0.1, 0.15) is 11.4 Å². The van der Waals surface area contributed by atoms with Crippen molar-refractivity contribution in [3.05, 3.63) is 0 Å². The zero-order chi connectivity index (χ0) is 12.8. The minimum atomic E-state index is -0.303. The number of hydrogen-bond donors (Lipinski definition) is 1. The van der Waals surface area contributed by atoms with Gasteiger partial charge in [-0.05, 0) is 44.9 Å². The topological polar surface area (TPSA) is 58.7 Å². The average molecular weight is 237 g/mol. The van der Waals surface area contributed by atoms with Gasteiger partial charge in [0.05, 0.1) is 0 Å². The zero-order valence-corrected chi connectivity index (χ0v) is 11.2. The third-order valence-corrected chi connectivity index (χ3v) is 4.05. The van der Waals surface area contributed by atoms with Crippen molar-refractivity contribution in [3.8, 4) is 0 Å². The van der Waals surface area contributed by atoms with Gasteiger partial charge < -0.3 is 10.6 Å². The summed E-state index contributed by atoms with van der Waals surface area (Å²) in [4.78, 5) is 17.9. The molecule has 0 radical (unpaired) electrons. The van der Waals surface area contributed by atoms with Crippen molar-refractivity contribution in [3.63, 3.8) is 0 Å². The van der Waals surface area contributed by atoms with Crippen LogP contribution in [0.25, 0.3) is 0 Å². The number of urea groups is 1. The second-order valence-electron chi connectivity index (χ2n) is 6.13. The fourth-order valence-corrected chi connectivity index (χ4v) is 3.78. The molecule has 0 bridgehead atoms. The third kappa shape index (κ3) is 1.83. The molecule has 2 amide bonds. The molecule has 1 saturated carbocycles. The standard InChI is InChI=1S/C13H23N3O/c1-8(2)16-12(17)15-11(14)13(16)6-9(3)5-10(4)7-13/h8-10H,5-7H2,1-4H3,(H2,14,15,17). The van der Waals surface area contributed by atoms with Gasteiger partial charge in [0.25, 0.3) is 0 Å². The van der Waals surface area contributed by atoms with Crippen molar-refractivity contribution in [1.82, 2.24) is 4.90 Å². The maximum Gasteiger partial charge on any atom is 0.346 e. The Morgan fingerprint density at radius 3 is 2.35 bits per heavy atom. The normalized spacial score (nSPS) is 38.1. The highest BCUT2D eigenvalue weighted by Crippen LogP contribution is 2.43. The Kier molecular flexibility index (Phi) is 2.92. The molecule has 2 rings (SSSR count). The van der Waals surface area contributed by atoms with Crippen molar-refractivity contribution >= 4 is 11.9 Å². The van der Waals surface area contributed by atoms with Crippen molar-refractivity contribution in [2.24, 2.45) is 22.6 Å². The molecule has 2 unspecified atom stereocenters. The summed E-state index contributed by atoms with van der Waals surface area (Å²) in [6.45, 7) is 8.56. The summed E-state index contributed by atoms with van der Waals surface area (Å²) in [6.07, 6.45) is 3.13. The summed E-state index contributed by atoms with van der Waals surface area (Å²) in [5.41, 5.74) is 5.77. The van der Waals surface area contributed by atoms with Crippen molar-refractivity contribution in [2.45, 2.75) is 58.5 Å². The molecule has 1 fully saturated rings. The molecule has 0 aromatic carbocycles. The van der Waals surface area contributed by atoms with E-state index < -0.39 is 0 Å². The molecule has 96 valence electrons. The lowest BCUT2D eigenvalue weighted by molar-refractivity contribution is 0.0817. The smallest absolute Gasteiger partial charge is 0.346 e. The maximum absolute atomic E-state index is 12.0. The van der Waals surface area contributed by atoms with Gasteiger partial charge in [-0.25, -0.2) is 4.79 Å². The number of carbonyl (C=O) groups excluding carboxylic acids is 1. The molecule has 1 spiro atoms. The van der Waals surface area contributed by atoms with Crippen LogP contribution in [0, 0.1) is 11.8 Å². The molecule has 0 aromatic heterocycles. The van der Waals surface area contributed by atoms with E-state index in [-0.39, 0.29) is 17.6 Å². The van der Waals surface area contributed by atoms with Crippen LogP contribution in [0.4, 0.5) is 4.79 Å². The number of aliphatic imine (C=N–C) groups is 1. The van der Waals surface area contributed by atoms with Crippen LogP contribution in [0.5, 0.6) is 0 Å². The first-order valence-corrected chi connectivity index (χ1v) is 6.54. The predicted molar refractivity (Wildman–Crippen MR) is 68.9 cm³/mol. The molecular formula is C13H23N3O. The van der Waals surface area contributed by atoms with Crippen LogP contribution < -0.4 is 5.73 Å². The molecule has 17 heavy (non-hydrogen) atoms. The van der Waals surface area contributed by atoms with Crippen LogP contribution in [0.1, 0.15) is 47.0 Å². The van der Waals surface area contributed by atoms with Crippen LogP contribution in [0.3, 0.4) is 0 Å². The van der Waals surface area contributed by atoms with Gasteiger partial charge >= 0.3 is 6.03 Å². The number of nitrogens with two attached hydrogens (primary N) is 1. The average Bonchev–Trinajstić information content (AvgIpc) is 2.35. The van der Waals surface area contributed by atoms with Gasteiger partial charge in [-0.3, -0.25) is 0 Å². The lowest BCUT2D eigenvalue weighted by atomic mass is 9.70. The Morgan fingerprint density at radius 2 is 1.88 bits per heavy atom. The molecule has 0 aromatic rings. The predicted octanol–water partition coefficient (Wildman–Crippen LogP) is 2.38. The van der Waals surface area contributed by atoms with Crippen molar-refractivity contribution in [1.29, 1.82) is 0 Å². The monoisotopic (exact) mass is 237 g/mol. The van der Waals surface area contributed by atoms with Gasteiger partial charge in [0.15, 0.2) is 0 Å². The number of amides is 2. The van der Waals surface area contributed by atoms with Gasteiger partial charge in [0.2, 0.25) is 0 Å². The maximum atomic E-state index is 12.0. The van der Waals surface area contributed by atoms with E-state index >= 15 is 0 Å². The van der Waals surface area contributed by atoms with E-state index in [1.807, 2.05) is 18.7 Å². The highest BCUT2D eigenvalue weighted by Gasteiger charge is 2.52. The van der Waals surface area contributed by atoms with Gasteiger partial charge in [-0.15, -0.1) is 0 Å². The largest absolute Gasteiger partial charge is 0.385 e. The molecule has 2 aliphatic rings. The van der Waals surface area contributed by atoms with Crippen molar-refractivity contribution < 1.29 is 4.79 Å². The van der Waals surface area contributed by atoms with Crippen LogP contribution in [-0.4, -0.2) is 28.3 Å². The molecule has 2 N–H and O–H groups in total. The molecule has 1 aliphatic carbocycles. The molecule has 4 heteroatoms. The molecule has 1 heterocycles. The summed E-state index contributed by atoms with van der Waals surface area (Å²) in [6, 6.07) is 0.00333. The first kappa shape index (κ1) is 12.4. The van der Waals surface area contributed by atoms with Crippen LogP contribution in [0.2, 0.25) is 0 Å². The fourth-order valence-electron chi connectivity index (χ4n) is 3.78. The van der Waals surface area contributed by atoms with E-state index in [1.54, 1.807) is 0 Å². The molecule has 0 saturated heterocycles. The Bertz CT molecular complexity index is 352. The van der Waals surface area contributed by atoms with Crippen molar-refractivity contribution in [2.75, 3.05) is 0 Å². The highest BCUT2D eigenvalue weighted by molar-refractivity contribution is 6.06. The zero-order valence-electron chi connectivity index (χ0n) is 11.2. The Morgan fingerprint density at radius 1 is 1.35 bits per heavy atom. The van der Waals surface area contributed by atoms with E-state index in [9.17, 15) is 4.79 Å². The first-order valence-electron chi connectivity index (χ1n) is 6.54. The van der Waals surface area contributed by atoms with E-state index in [0.29, 0.717) is 17.7 Å². The minimum Gasteiger partial charge on any atom is -0.385 e. The number of rotatable bonds is 1. The second-order valence-corrected chi connectivity index (χ2v) is 6.13. The Hall–Kier alpha value is -1.06. The quantitative estimate of drug-likeness (QED) is 0.761. The van der Waals surface area contributed by atoms with E-state index in [4.69, 9.17) is 5.73 Å². The summed E-state index contributed by atoms with van der Waals surface area (Å²) in [5, 5.41) is 0. The fraction of sp³-hybridized carbons (Fsp3) is 0.846. The van der Waals surface area contributed by atoms with Crippen LogP contribution in [-0.2, 0) is 0 Å². The lowest BCUT2D eigenvalue weighted by Gasteiger charge is -2.47. The second kappa shape index (κ2) is 4.00. The molecular weight excluding hydrogens is 214 g/mol.